The molecule has 1 aromatic rings. The van der Waals surface area contributed by atoms with E-state index >= 15 is 0 Å². The summed E-state index contributed by atoms with van der Waals surface area (Å²) in [5.41, 5.74) is 0.752. The Bertz CT molecular complexity index is 355. The first kappa shape index (κ1) is 10.6. The molecule has 2 atom stereocenters. The average Bonchev–Trinajstić information content (AvgIpc) is 2.59. The topological polar surface area (TPSA) is 33.1 Å². The van der Waals surface area contributed by atoms with Crippen molar-refractivity contribution in [3.63, 3.8) is 0 Å². The number of rotatable bonds is 2. The maximum absolute atomic E-state index is 10.7. The second-order valence-corrected chi connectivity index (χ2v) is 6.73. The Kier molecular flexibility index (Phi) is 2.68. The number of fused-ring (bicyclic) bond motifs is 2. The Morgan fingerprint density at radius 3 is 2.50 bits per heavy atom. The van der Waals surface area contributed by atoms with E-state index in [1.807, 2.05) is 24.5 Å². The summed E-state index contributed by atoms with van der Waals surface area (Å²) in [5.74, 6) is 0. The number of aromatic nitrogens is 1. The van der Waals surface area contributed by atoms with Crippen LogP contribution >= 0.6 is 11.8 Å². The van der Waals surface area contributed by atoms with Gasteiger partial charge in [0, 0.05) is 29.3 Å². The molecule has 0 aliphatic carbocycles. The Morgan fingerprint density at radius 1 is 1.25 bits per heavy atom. The lowest BCUT2D eigenvalue weighted by atomic mass is 9.87. The van der Waals surface area contributed by atoms with E-state index in [9.17, 15) is 5.11 Å². The number of hydrogen-bond acceptors (Lipinski definition) is 3. The first-order chi connectivity index (χ1) is 7.73. The lowest BCUT2D eigenvalue weighted by Crippen LogP contribution is -2.39. The minimum atomic E-state index is -0.460. The zero-order chi connectivity index (χ0) is 11.0. The standard InChI is InChI=1S/C13H17NOS/c15-13(7-10-3-5-14-6-4-10)8-11-1-2-12(9-13)16-11/h3-6,11-12,15H,1-2,7-9H2. The van der Waals surface area contributed by atoms with Gasteiger partial charge in [0.15, 0.2) is 0 Å². The second-order valence-electron chi connectivity index (χ2n) is 5.12. The van der Waals surface area contributed by atoms with E-state index in [4.69, 9.17) is 0 Å². The molecule has 0 aromatic carbocycles. The summed E-state index contributed by atoms with van der Waals surface area (Å²) < 4.78 is 0. The molecule has 2 nitrogen and oxygen atoms in total. The maximum Gasteiger partial charge on any atom is 0.0709 e. The summed E-state index contributed by atoms with van der Waals surface area (Å²) in [6, 6.07) is 4.03. The van der Waals surface area contributed by atoms with E-state index in [-0.39, 0.29) is 0 Å². The van der Waals surface area contributed by atoms with Crippen LogP contribution in [0.2, 0.25) is 0 Å². The lowest BCUT2D eigenvalue weighted by molar-refractivity contribution is 0.0242. The van der Waals surface area contributed by atoms with Gasteiger partial charge in [0.2, 0.25) is 0 Å². The van der Waals surface area contributed by atoms with E-state index in [0.717, 1.165) is 19.3 Å². The lowest BCUT2D eigenvalue weighted by Gasteiger charge is -2.36. The third-order valence-corrected chi connectivity index (χ3v) is 5.27. The van der Waals surface area contributed by atoms with Gasteiger partial charge in [-0.2, -0.15) is 11.8 Å². The van der Waals surface area contributed by atoms with Gasteiger partial charge in [-0.05, 0) is 43.4 Å². The van der Waals surface area contributed by atoms with Gasteiger partial charge in [-0.15, -0.1) is 0 Å². The van der Waals surface area contributed by atoms with Gasteiger partial charge in [0.05, 0.1) is 5.60 Å². The first-order valence-electron chi connectivity index (χ1n) is 6.00. The fraction of sp³-hybridized carbons (Fsp3) is 0.615. The first-order valence-corrected chi connectivity index (χ1v) is 6.95. The maximum atomic E-state index is 10.7. The van der Waals surface area contributed by atoms with Gasteiger partial charge in [0.1, 0.15) is 0 Å². The van der Waals surface area contributed by atoms with Crippen LogP contribution < -0.4 is 0 Å². The zero-order valence-electron chi connectivity index (χ0n) is 9.30. The minimum absolute atomic E-state index is 0.460. The highest BCUT2D eigenvalue weighted by Gasteiger charge is 2.43. The Labute approximate surface area is 100 Å². The molecule has 16 heavy (non-hydrogen) atoms. The van der Waals surface area contributed by atoms with Gasteiger partial charge in [-0.3, -0.25) is 4.98 Å². The van der Waals surface area contributed by atoms with Crippen molar-refractivity contribution >= 4 is 11.8 Å². The molecule has 2 fully saturated rings. The predicted octanol–water partition coefficient (Wildman–Crippen LogP) is 2.41. The fourth-order valence-electron chi connectivity index (χ4n) is 3.04. The molecule has 1 N–H and O–H groups in total. The molecule has 0 radical (unpaired) electrons. The fourth-order valence-corrected chi connectivity index (χ4v) is 4.94. The summed E-state index contributed by atoms with van der Waals surface area (Å²) in [6.45, 7) is 0. The molecule has 3 heterocycles. The summed E-state index contributed by atoms with van der Waals surface area (Å²) >= 11 is 2.09. The van der Waals surface area contributed by atoms with Crippen molar-refractivity contribution in [2.75, 3.05) is 0 Å². The minimum Gasteiger partial charge on any atom is -0.389 e. The Balaban J connectivity index is 1.74. The van der Waals surface area contributed by atoms with E-state index in [1.165, 1.54) is 18.4 Å². The highest BCUT2D eigenvalue weighted by atomic mass is 32.2. The van der Waals surface area contributed by atoms with Crippen molar-refractivity contribution < 1.29 is 5.11 Å². The average molecular weight is 235 g/mol. The van der Waals surface area contributed by atoms with E-state index in [2.05, 4.69) is 16.7 Å². The molecule has 2 saturated heterocycles. The highest BCUT2D eigenvalue weighted by molar-refractivity contribution is 8.00. The van der Waals surface area contributed by atoms with Gasteiger partial charge in [-0.25, -0.2) is 0 Å². The summed E-state index contributed by atoms with van der Waals surface area (Å²) in [5, 5.41) is 12.1. The van der Waals surface area contributed by atoms with Gasteiger partial charge < -0.3 is 5.11 Å². The van der Waals surface area contributed by atoms with Crippen LogP contribution in [-0.2, 0) is 6.42 Å². The third kappa shape index (κ3) is 2.11. The summed E-state index contributed by atoms with van der Waals surface area (Å²) in [4.78, 5) is 4.02. The number of aliphatic hydroxyl groups is 1. The van der Waals surface area contributed by atoms with E-state index in [1.54, 1.807) is 0 Å². The smallest absolute Gasteiger partial charge is 0.0709 e. The van der Waals surface area contributed by atoms with Crippen LogP contribution in [0.3, 0.4) is 0 Å². The molecule has 0 spiro atoms. The number of pyridine rings is 1. The molecule has 2 bridgehead atoms. The third-order valence-electron chi connectivity index (χ3n) is 3.69. The monoisotopic (exact) mass is 235 g/mol. The quantitative estimate of drug-likeness (QED) is 0.854. The van der Waals surface area contributed by atoms with Crippen molar-refractivity contribution in [3.8, 4) is 0 Å². The summed E-state index contributed by atoms with van der Waals surface area (Å²) in [6.07, 6.45) is 8.95. The molecular formula is C13H17NOS. The van der Waals surface area contributed by atoms with Crippen molar-refractivity contribution in [2.45, 2.75) is 48.2 Å². The number of thioether (sulfide) groups is 1. The number of nitrogens with zero attached hydrogens (tertiary/aromatic N) is 1. The van der Waals surface area contributed by atoms with E-state index < -0.39 is 5.60 Å². The van der Waals surface area contributed by atoms with Crippen LogP contribution in [0.25, 0.3) is 0 Å². The van der Waals surface area contributed by atoms with Gasteiger partial charge in [-0.1, -0.05) is 0 Å². The van der Waals surface area contributed by atoms with Crippen molar-refractivity contribution in [3.05, 3.63) is 30.1 Å². The molecule has 86 valence electrons. The molecule has 1 aromatic heterocycles. The van der Waals surface area contributed by atoms with Gasteiger partial charge >= 0.3 is 0 Å². The number of hydrogen-bond donors (Lipinski definition) is 1. The molecule has 2 unspecified atom stereocenters. The molecule has 3 rings (SSSR count). The Hall–Kier alpha value is -0.540. The highest BCUT2D eigenvalue weighted by Crippen LogP contribution is 2.48. The normalized spacial score (nSPS) is 37.6. The molecule has 3 heteroatoms. The van der Waals surface area contributed by atoms with Crippen molar-refractivity contribution in [1.82, 2.24) is 4.98 Å². The van der Waals surface area contributed by atoms with Gasteiger partial charge in [0.25, 0.3) is 0 Å². The predicted molar refractivity (Wildman–Crippen MR) is 66.5 cm³/mol. The molecule has 2 aliphatic heterocycles. The van der Waals surface area contributed by atoms with Crippen LogP contribution in [0.4, 0.5) is 0 Å². The molecule has 2 aliphatic rings. The van der Waals surface area contributed by atoms with Crippen LogP contribution in [-0.4, -0.2) is 26.2 Å². The van der Waals surface area contributed by atoms with Crippen molar-refractivity contribution in [1.29, 1.82) is 0 Å². The summed E-state index contributed by atoms with van der Waals surface area (Å²) in [7, 11) is 0. The molecule has 0 saturated carbocycles. The molecular weight excluding hydrogens is 218 g/mol. The van der Waals surface area contributed by atoms with Crippen LogP contribution in [0, 0.1) is 0 Å². The van der Waals surface area contributed by atoms with Crippen LogP contribution in [0.1, 0.15) is 31.2 Å². The van der Waals surface area contributed by atoms with Crippen LogP contribution in [0.5, 0.6) is 0 Å². The zero-order valence-corrected chi connectivity index (χ0v) is 10.1. The largest absolute Gasteiger partial charge is 0.389 e. The van der Waals surface area contributed by atoms with Crippen molar-refractivity contribution in [2.24, 2.45) is 0 Å². The Morgan fingerprint density at radius 2 is 1.88 bits per heavy atom. The van der Waals surface area contributed by atoms with E-state index in [0.29, 0.717) is 10.5 Å². The molecule has 0 amide bonds. The van der Waals surface area contributed by atoms with Crippen LogP contribution in [0.15, 0.2) is 24.5 Å². The SMILES string of the molecule is OC1(Cc2ccncc2)CC2CCC(C1)S2. The second kappa shape index (κ2) is 4.04.